The van der Waals surface area contributed by atoms with Crippen molar-refractivity contribution in [2.75, 3.05) is 13.1 Å². The zero-order chi connectivity index (χ0) is 11.9. The van der Waals surface area contributed by atoms with E-state index in [0.717, 1.165) is 25.8 Å². The standard InChI is InChI=1S/C12H22N2O2/c1-4-9-10(15)14(6-3)12(7-8-12)11(16)13(9)5-2/h9-10,15H,4-8H2,1-3H3/t9-,10?/m0/s1. The van der Waals surface area contributed by atoms with Gasteiger partial charge < -0.3 is 10.0 Å². The molecule has 2 atom stereocenters. The highest BCUT2D eigenvalue weighted by Crippen LogP contribution is 2.47. The number of nitrogens with zero attached hydrogens (tertiary/aromatic N) is 2. The van der Waals surface area contributed by atoms with Crippen molar-refractivity contribution in [3.8, 4) is 0 Å². The van der Waals surface area contributed by atoms with E-state index in [9.17, 15) is 9.90 Å². The molecule has 1 heterocycles. The summed E-state index contributed by atoms with van der Waals surface area (Å²) in [6, 6.07) is -0.0383. The van der Waals surface area contributed by atoms with E-state index in [4.69, 9.17) is 0 Å². The molecule has 0 radical (unpaired) electrons. The van der Waals surface area contributed by atoms with Crippen LogP contribution >= 0.6 is 0 Å². The summed E-state index contributed by atoms with van der Waals surface area (Å²) in [5.41, 5.74) is -0.351. The van der Waals surface area contributed by atoms with Gasteiger partial charge in [-0.1, -0.05) is 13.8 Å². The van der Waals surface area contributed by atoms with Crippen LogP contribution in [0.15, 0.2) is 0 Å². The Labute approximate surface area is 97.2 Å². The van der Waals surface area contributed by atoms with Crippen LogP contribution in [0.1, 0.15) is 40.0 Å². The molecule has 0 aromatic rings. The maximum Gasteiger partial charge on any atom is 0.243 e. The fourth-order valence-corrected chi connectivity index (χ4v) is 3.08. The minimum absolute atomic E-state index is 0.0383. The number of aliphatic hydroxyl groups excluding tert-OH is 1. The molecule has 1 aliphatic carbocycles. The van der Waals surface area contributed by atoms with E-state index in [1.54, 1.807) is 0 Å². The molecule has 2 fully saturated rings. The zero-order valence-corrected chi connectivity index (χ0v) is 10.4. The third kappa shape index (κ3) is 1.39. The number of hydrogen-bond donors (Lipinski definition) is 1. The molecule has 0 bridgehead atoms. The predicted octanol–water partition coefficient (Wildman–Crippen LogP) is 0.800. The average molecular weight is 226 g/mol. The van der Waals surface area contributed by atoms with Crippen LogP contribution in [0.2, 0.25) is 0 Å². The number of hydrogen-bond acceptors (Lipinski definition) is 3. The maximum atomic E-state index is 12.4. The molecule has 16 heavy (non-hydrogen) atoms. The van der Waals surface area contributed by atoms with E-state index in [2.05, 4.69) is 0 Å². The first-order valence-corrected chi connectivity index (χ1v) is 6.38. The summed E-state index contributed by atoms with van der Waals surface area (Å²) < 4.78 is 0. The van der Waals surface area contributed by atoms with Crippen LogP contribution < -0.4 is 0 Å². The highest BCUT2D eigenvalue weighted by Gasteiger charge is 2.62. The Balaban J connectivity index is 2.30. The van der Waals surface area contributed by atoms with Crippen LogP contribution in [0.5, 0.6) is 0 Å². The Morgan fingerprint density at radius 3 is 2.31 bits per heavy atom. The fraction of sp³-hybridized carbons (Fsp3) is 0.917. The molecule has 2 rings (SSSR count). The molecule has 1 spiro atoms. The summed E-state index contributed by atoms with van der Waals surface area (Å²) >= 11 is 0. The molecule has 1 aliphatic heterocycles. The SMILES string of the molecule is CC[C@H]1C(O)N(CC)C2(CC2)C(=O)N1CC. The molecule has 1 amide bonds. The molecule has 1 saturated carbocycles. The van der Waals surface area contributed by atoms with Gasteiger partial charge >= 0.3 is 0 Å². The third-order valence-electron chi connectivity index (χ3n) is 4.10. The number of carbonyl (C=O) groups is 1. The average Bonchev–Trinajstić information content (AvgIpc) is 3.05. The van der Waals surface area contributed by atoms with E-state index in [1.807, 2.05) is 30.6 Å². The number of amides is 1. The normalized spacial score (nSPS) is 33.5. The summed E-state index contributed by atoms with van der Waals surface area (Å²) in [6.07, 6.45) is 2.14. The molecule has 2 aliphatic rings. The lowest BCUT2D eigenvalue weighted by molar-refractivity contribution is -0.173. The van der Waals surface area contributed by atoms with Crippen LogP contribution in [-0.2, 0) is 4.79 Å². The van der Waals surface area contributed by atoms with Gasteiger partial charge in [-0.2, -0.15) is 0 Å². The van der Waals surface area contributed by atoms with Crippen molar-refractivity contribution in [1.29, 1.82) is 0 Å². The molecule has 1 saturated heterocycles. The van der Waals surface area contributed by atoms with Crippen LogP contribution in [0.25, 0.3) is 0 Å². The molecular formula is C12H22N2O2. The van der Waals surface area contributed by atoms with E-state index in [1.165, 1.54) is 0 Å². The van der Waals surface area contributed by atoms with Gasteiger partial charge in [0.05, 0.1) is 6.04 Å². The Morgan fingerprint density at radius 2 is 1.94 bits per heavy atom. The topological polar surface area (TPSA) is 43.8 Å². The first-order valence-electron chi connectivity index (χ1n) is 6.38. The summed E-state index contributed by atoms with van der Waals surface area (Å²) in [5.74, 6) is 0.231. The van der Waals surface area contributed by atoms with Crippen molar-refractivity contribution < 1.29 is 9.90 Å². The summed E-state index contributed by atoms with van der Waals surface area (Å²) in [6.45, 7) is 7.49. The number of rotatable bonds is 3. The molecule has 0 aromatic carbocycles. The van der Waals surface area contributed by atoms with Crippen molar-refractivity contribution in [3.63, 3.8) is 0 Å². The Bertz CT molecular complexity index is 289. The van der Waals surface area contributed by atoms with Crippen LogP contribution in [-0.4, -0.2) is 51.7 Å². The second-order valence-corrected chi connectivity index (χ2v) is 4.80. The van der Waals surface area contributed by atoms with Gasteiger partial charge in [0.1, 0.15) is 11.8 Å². The van der Waals surface area contributed by atoms with E-state index >= 15 is 0 Å². The largest absolute Gasteiger partial charge is 0.376 e. The molecule has 1 unspecified atom stereocenters. The van der Waals surface area contributed by atoms with Crippen molar-refractivity contribution in [2.24, 2.45) is 0 Å². The van der Waals surface area contributed by atoms with Gasteiger partial charge in [0.15, 0.2) is 0 Å². The number of likely N-dealkylation sites (N-methyl/N-ethyl adjacent to an activating group) is 2. The van der Waals surface area contributed by atoms with E-state index < -0.39 is 6.23 Å². The molecule has 4 nitrogen and oxygen atoms in total. The first-order chi connectivity index (χ1) is 7.62. The lowest BCUT2D eigenvalue weighted by Crippen LogP contribution is -2.67. The van der Waals surface area contributed by atoms with Crippen molar-refractivity contribution in [3.05, 3.63) is 0 Å². The first kappa shape index (κ1) is 11.9. The lowest BCUT2D eigenvalue weighted by Gasteiger charge is -2.49. The monoisotopic (exact) mass is 226 g/mol. The van der Waals surface area contributed by atoms with E-state index in [0.29, 0.717) is 6.54 Å². The van der Waals surface area contributed by atoms with Gasteiger partial charge in [-0.3, -0.25) is 9.69 Å². The number of aliphatic hydroxyl groups is 1. The number of carbonyl (C=O) groups excluding carboxylic acids is 1. The van der Waals surface area contributed by atoms with Gasteiger partial charge in [0.25, 0.3) is 0 Å². The van der Waals surface area contributed by atoms with Crippen LogP contribution in [0.4, 0.5) is 0 Å². The Morgan fingerprint density at radius 1 is 1.31 bits per heavy atom. The highest BCUT2D eigenvalue weighted by atomic mass is 16.3. The van der Waals surface area contributed by atoms with Gasteiger partial charge in [-0.05, 0) is 32.7 Å². The fourth-order valence-electron chi connectivity index (χ4n) is 3.08. The van der Waals surface area contributed by atoms with Gasteiger partial charge in [-0.25, -0.2) is 0 Å². The van der Waals surface area contributed by atoms with Crippen LogP contribution in [0, 0.1) is 0 Å². The second-order valence-electron chi connectivity index (χ2n) is 4.80. The minimum Gasteiger partial charge on any atom is -0.376 e. The second kappa shape index (κ2) is 4.00. The van der Waals surface area contributed by atoms with Gasteiger partial charge in [-0.15, -0.1) is 0 Å². The van der Waals surface area contributed by atoms with Crippen molar-refractivity contribution >= 4 is 5.91 Å². The van der Waals surface area contributed by atoms with Gasteiger partial charge in [0, 0.05) is 6.54 Å². The summed E-state index contributed by atoms with van der Waals surface area (Å²) in [4.78, 5) is 16.3. The van der Waals surface area contributed by atoms with Crippen LogP contribution in [0.3, 0.4) is 0 Å². The minimum atomic E-state index is -0.491. The van der Waals surface area contributed by atoms with Crippen molar-refractivity contribution in [1.82, 2.24) is 9.80 Å². The van der Waals surface area contributed by atoms with Gasteiger partial charge in [0.2, 0.25) is 5.91 Å². The molecular weight excluding hydrogens is 204 g/mol. The van der Waals surface area contributed by atoms with E-state index in [-0.39, 0.29) is 17.5 Å². The third-order valence-corrected chi connectivity index (χ3v) is 4.10. The van der Waals surface area contributed by atoms with Crippen molar-refractivity contribution in [2.45, 2.75) is 57.8 Å². The maximum absolute atomic E-state index is 12.4. The summed E-state index contributed by atoms with van der Waals surface area (Å²) in [7, 11) is 0. The predicted molar refractivity (Wildman–Crippen MR) is 61.8 cm³/mol. The smallest absolute Gasteiger partial charge is 0.243 e. The molecule has 0 aromatic heterocycles. The quantitative estimate of drug-likeness (QED) is 0.774. The lowest BCUT2D eigenvalue weighted by atomic mass is 10.00. The highest BCUT2D eigenvalue weighted by molar-refractivity contribution is 5.90. The zero-order valence-electron chi connectivity index (χ0n) is 10.4. The number of piperazine rings is 1. The molecule has 1 N–H and O–H groups in total. The Kier molecular flexibility index (Phi) is 2.97. The molecule has 4 heteroatoms. The Hall–Kier alpha value is -0.610. The molecule has 92 valence electrons. The summed E-state index contributed by atoms with van der Waals surface area (Å²) in [5, 5.41) is 10.4.